The van der Waals surface area contributed by atoms with Crippen molar-refractivity contribution in [1.29, 1.82) is 5.26 Å². The topological polar surface area (TPSA) is 100 Å². The van der Waals surface area contributed by atoms with Crippen molar-refractivity contribution < 1.29 is 13.9 Å². The number of hydrogen-bond donors (Lipinski definition) is 0. The van der Waals surface area contributed by atoms with Gasteiger partial charge in [-0.25, -0.2) is 9.67 Å². The number of carbonyl (C=O) groups excluding carboxylic acids is 1. The molecule has 4 heterocycles. The minimum Gasteiger partial charge on any atom is -0.463 e. The third-order valence-corrected chi connectivity index (χ3v) is 5.63. The van der Waals surface area contributed by atoms with Crippen molar-refractivity contribution in [2.75, 3.05) is 45.9 Å². The van der Waals surface area contributed by atoms with Crippen LogP contribution in [0, 0.1) is 11.3 Å². The lowest BCUT2D eigenvalue weighted by Gasteiger charge is -2.30. The Balaban J connectivity index is 1.69. The Labute approximate surface area is 187 Å². The number of rotatable bonds is 8. The number of nitrogens with zero attached hydrogens (tertiary/aromatic N) is 6. The van der Waals surface area contributed by atoms with Crippen LogP contribution in [0.15, 0.2) is 35.1 Å². The number of fused-ring (bicyclic) bond motifs is 1. The van der Waals surface area contributed by atoms with Crippen molar-refractivity contribution in [2.24, 2.45) is 0 Å². The van der Waals surface area contributed by atoms with Crippen LogP contribution >= 0.6 is 0 Å². The number of nitriles is 1. The quantitative estimate of drug-likeness (QED) is 0.535. The van der Waals surface area contributed by atoms with E-state index in [0.717, 1.165) is 19.6 Å². The van der Waals surface area contributed by atoms with Gasteiger partial charge in [0.15, 0.2) is 11.4 Å². The number of furan rings is 1. The van der Waals surface area contributed by atoms with Gasteiger partial charge in [-0.3, -0.25) is 9.69 Å². The molecule has 0 unspecified atom stereocenters. The lowest BCUT2D eigenvalue weighted by atomic mass is 10.1. The molecule has 0 aliphatic carbocycles. The average molecular weight is 437 g/mol. The summed E-state index contributed by atoms with van der Waals surface area (Å²) in [6, 6.07) is 7.64. The molecule has 168 valence electrons. The zero-order valence-electron chi connectivity index (χ0n) is 18.5. The molecule has 3 aromatic rings. The summed E-state index contributed by atoms with van der Waals surface area (Å²) in [6.07, 6.45) is 3.56. The third-order valence-electron chi connectivity index (χ3n) is 5.63. The smallest absolute Gasteiger partial charge is 0.254 e. The molecule has 0 N–H and O–H groups in total. The van der Waals surface area contributed by atoms with Crippen LogP contribution in [0.2, 0.25) is 0 Å². The van der Waals surface area contributed by atoms with E-state index in [0.29, 0.717) is 54.4 Å². The van der Waals surface area contributed by atoms with E-state index in [4.69, 9.17) is 19.4 Å². The molecule has 1 aliphatic rings. The Morgan fingerprint density at radius 3 is 2.81 bits per heavy atom. The third kappa shape index (κ3) is 4.66. The van der Waals surface area contributed by atoms with Gasteiger partial charge in [-0.2, -0.15) is 10.4 Å². The zero-order valence-corrected chi connectivity index (χ0v) is 18.5. The molecule has 0 atom stereocenters. The zero-order chi connectivity index (χ0) is 22.5. The first-order valence-corrected chi connectivity index (χ1v) is 11.0. The highest BCUT2D eigenvalue weighted by Gasteiger charge is 2.24. The molecule has 9 heteroatoms. The largest absolute Gasteiger partial charge is 0.463 e. The molecule has 32 heavy (non-hydrogen) atoms. The van der Waals surface area contributed by atoms with Gasteiger partial charge in [0.05, 0.1) is 49.1 Å². The van der Waals surface area contributed by atoms with Crippen molar-refractivity contribution in [3.8, 4) is 17.5 Å². The highest BCUT2D eigenvalue weighted by atomic mass is 16.5. The number of morpholine rings is 1. The van der Waals surface area contributed by atoms with E-state index in [1.807, 2.05) is 24.6 Å². The molecule has 1 saturated heterocycles. The predicted octanol–water partition coefficient (Wildman–Crippen LogP) is 2.96. The fourth-order valence-electron chi connectivity index (χ4n) is 3.88. The second-order valence-corrected chi connectivity index (χ2v) is 8.11. The first kappa shape index (κ1) is 22.0. The molecule has 0 saturated carbocycles. The number of pyridine rings is 1. The normalized spacial score (nSPS) is 14.7. The molecule has 0 bridgehead atoms. The summed E-state index contributed by atoms with van der Waals surface area (Å²) in [5, 5.41) is 14.3. The Bertz CT molecular complexity index is 1090. The van der Waals surface area contributed by atoms with Crippen molar-refractivity contribution in [3.05, 3.63) is 36.2 Å². The van der Waals surface area contributed by atoms with Crippen LogP contribution in [0.5, 0.6) is 0 Å². The van der Waals surface area contributed by atoms with E-state index in [9.17, 15) is 4.79 Å². The van der Waals surface area contributed by atoms with Gasteiger partial charge in [-0.05, 0) is 32.0 Å². The molecule has 4 rings (SSSR count). The number of amides is 1. The molecular weight excluding hydrogens is 408 g/mol. The highest BCUT2D eigenvalue weighted by Crippen LogP contribution is 2.27. The van der Waals surface area contributed by atoms with Gasteiger partial charge >= 0.3 is 0 Å². The van der Waals surface area contributed by atoms with E-state index in [-0.39, 0.29) is 18.4 Å². The fraction of sp³-hybridized carbons (Fsp3) is 0.478. The highest BCUT2D eigenvalue weighted by molar-refractivity contribution is 6.06. The maximum Gasteiger partial charge on any atom is 0.254 e. The summed E-state index contributed by atoms with van der Waals surface area (Å²) in [5.74, 6) is 0.464. The van der Waals surface area contributed by atoms with Crippen LogP contribution in [0.4, 0.5) is 0 Å². The van der Waals surface area contributed by atoms with Gasteiger partial charge in [0, 0.05) is 38.8 Å². The van der Waals surface area contributed by atoms with Crippen LogP contribution < -0.4 is 0 Å². The lowest BCUT2D eigenvalue weighted by Crippen LogP contribution is -2.43. The SMILES string of the molecule is CC(C)n1ncc2c(C(=O)N(CCC#N)CCN3CCOCC3)cc(-c3ccco3)nc21. The first-order valence-electron chi connectivity index (χ1n) is 11.0. The van der Waals surface area contributed by atoms with E-state index in [2.05, 4.69) is 16.1 Å². The molecule has 1 amide bonds. The van der Waals surface area contributed by atoms with Crippen LogP contribution in [0.25, 0.3) is 22.5 Å². The molecule has 1 fully saturated rings. The first-order chi connectivity index (χ1) is 15.6. The standard InChI is InChI=1S/C23H28N6O3/c1-17(2)29-22-19(16-25-29)18(15-20(26-22)21-5-3-12-32-21)23(30)28(7-4-6-24)9-8-27-10-13-31-14-11-27/h3,5,12,15-17H,4,7-11,13-14H2,1-2H3. The molecule has 3 aromatic heterocycles. The van der Waals surface area contributed by atoms with Crippen LogP contribution in [0.1, 0.15) is 36.7 Å². The number of aromatic nitrogens is 3. The summed E-state index contributed by atoms with van der Waals surface area (Å²) in [5.41, 5.74) is 1.75. The van der Waals surface area contributed by atoms with Crippen LogP contribution in [-0.4, -0.2) is 76.4 Å². The summed E-state index contributed by atoms with van der Waals surface area (Å²) in [7, 11) is 0. The molecule has 0 spiro atoms. The summed E-state index contributed by atoms with van der Waals surface area (Å²) in [6.45, 7) is 8.82. The van der Waals surface area contributed by atoms with Gasteiger partial charge in [-0.1, -0.05) is 0 Å². The van der Waals surface area contributed by atoms with E-state index in [1.54, 1.807) is 29.5 Å². The van der Waals surface area contributed by atoms with Gasteiger partial charge < -0.3 is 14.1 Å². The number of hydrogen-bond acceptors (Lipinski definition) is 7. The minimum atomic E-state index is -0.128. The maximum absolute atomic E-state index is 13.7. The second kappa shape index (κ2) is 9.94. The Morgan fingerprint density at radius 2 is 2.12 bits per heavy atom. The van der Waals surface area contributed by atoms with Crippen LogP contribution in [-0.2, 0) is 4.74 Å². The molecule has 0 radical (unpaired) electrons. The van der Waals surface area contributed by atoms with E-state index < -0.39 is 0 Å². The Morgan fingerprint density at radius 1 is 1.31 bits per heavy atom. The molecular formula is C23H28N6O3. The molecule has 0 aromatic carbocycles. The van der Waals surface area contributed by atoms with Gasteiger partial charge in [0.1, 0.15) is 5.69 Å². The Hall–Kier alpha value is -3.22. The summed E-state index contributed by atoms with van der Waals surface area (Å²) >= 11 is 0. The van der Waals surface area contributed by atoms with Crippen molar-refractivity contribution in [3.63, 3.8) is 0 Å². The van der Waals surface area contributed by atoms with Crippen molar-refractivity contribution in [2.45, 2.75) is 26.3 Å². The van der Waals surface area contributed by atoms with Gasteiger partial charge in [-0.15, -0.1) is 0 Å². The minimum absolute atomic E-state index is 0.0887. The Kier molecular flexibility index (Phi) is 6.83. The predicted molar refractivity (Wildman–Crippen MR) is 119 cm³/mol. The fourth-order valence-corrected chi connectivity index (χ4v) is 3.88. The molecule has 9 nitrogen and oxygen atoms in total. The van der Waals surface area contributed by atoms with Gasteiger partial charge in [0.25, 0.3) is 5.91 Å². The molecule has 1 aliphatic heterocycles. The van der Waals surface area contributed by atoms with Gasteiger partial charge in [0.2, 0.25) is 0 Å². The second-order valence-electron chi connectivity index (χ2n) is 8.11. The summed E-state index contributed by atoms with van der Waals surface area (Å²) in [4.78, 5) is 22.5. The van der Waals surface area contributed by atoms with Crippen molar-refractivity contribution >= 4 is 16.9 Å². The lowest BCUT2D eigenvalue weighted by molar-refractivity contribution is 0.0326. The van der Waals surface area contributed by atoms with Crippen LogP contribution in [0.3, 0.4) is 0 Å². The maximum atomic E-state index is 13.7. The monoisotopic (exact) mass is 436 g/mol. The summed E-state index contributed by atoms with van der Waals surface area (Å²) < 4.78 is 12.8. The van der Waals surface area contributed by atoms with E-state index >= 15 is 0 Å². The number of carbonyl (C=O) groups is 1. The number of ether oxygens (including phenoxy) is 1. The van der Waals surface area contributed by atoms with Crippen molar-refractivity contribution in [1.82, 2.24) is 24.6 Å². The van der Waals surface area contributed by atoms with E-state index in [1.165, 1.54) is 0 Å². The average Bonchev–Trinajstić information content (AvgIpc) is 3.49.